The van der Waals surface area contributed by atoms with Crippen LogP contribution in [-0.2, 0) is 9.53 Å². The highest BCUT2D eigenvalue weighted by atomic mass is 16.5. The summed E-state index contributed by atoms with van der Waals surface area (Å²) in [6.07, 6.45) is 1.53. The summed E-state index contributed by atoms with van der Waals surface area (Å²) in [5.41, 5.74) is -0.708. The summed E-state index contributed by atoms with van der Waals surface area (Å²) in [4.78, 5) is 11.5. The van der Waals surface area contributed by atoms with Crippen LogP contribution in [0, 0.1) is 28.1 Å². The molecule has 1 rings (SSSR count). The maximum absolute atomic E-state index is 11.5. The number of methoxy groups -OCH3 is 1. The van der Waals surface area contributed by atoms with Gasteiger partial charge in [0, 0.05) is 0 Å². The smallest absolute Gasteiger partial charge is 0.309 e. The quantitative estimate of drug-likeness (QED) is 0.602. The summed E-state index contributed by atoms with van der Waals surface area (Å²) in [6, 6.07) is 2.33. The predicted molar refractivity (Wildman–Crippen MR) is 52.2 cm³/mol. The van der Waals surface area contributed by atoms with Crippen LogP contribution in [0.2, 0.25) is 0 Å². The first kappa shape index (κ1) is 11.0. The number of esters is 1. The molecule has 0 radical (unpaired) electrons. The number of hydrogen-bond donors (Lipinski definition) is 0. The van der Waals surface area contributed by atoms with Crippen molar-refractivity contribution in [2.45, 2.75) is 33.6 Å². The molecule has 1 aliphatic rings. The van der Waals surface area contributed by atoms with Gasteiger partial charge in [0.05, 0.1) is 24.5 Å². The van der Waals surface area contributed by atoms with Crippen molar-refractivity contribution in [2.24, 2.45) is 16.7 Å². The van der Waals surface area contributed by atoms with E-state index >= 15 is 0 Å². The monoisotopic (exact) mass is 195 g/mol. The second-order valence-electron chi connectivity index (χ2n) is 4.78. The van der Waals surface area contributed by atoms with E-state index < -0.39 is 5.41 Å². The van der Waals surface area contributed by atoms with E-state index in [1.807, 2.05) is 20.8 Å². The molecule has 0 N–H and O–H groups in total. The number of carbonyl (C=O) groups is 1. The Bertz CT molecular complexity index is 290. The SMILES string of the molecule is COC(=O)C1CCC(C)(C#N)C1(C)C. The Kier molecular flexibility index (Phi) is 2.58. The minimum atomic E-state index is -0.411. The summed E-state index contributed by atoms with van der Waals surface area (Å²) in [7, 11) is 1.40. The molecule has 0 saturated heterocycles. The molecule has 2 atom stereocenters. The lowest BCUT2D eigenvalue weighted by Gasteiger charge is -2.35. The van der Waals surface area contributed by atoms with E-state index in [4.69, 9.17) is 10.00 Å². The van der Waals surface area contributed by atoms with Crippen molar-refractivity contribution in [1.82, 2.24) is 0 Å². The standard InChI is InChI=1S/C11H17NO2/c1-10(2)8(9(13)14-4)5-6-11(10,3)7-12/h8H,5-6H2,1-4H3. The fraction of sp³-hybridized carbons (Fsp3) is 0.818. The molecule has 2 unspecified atom stereocenters. The van der Waals surface area contributed by atoms with Crippen molar-refractivity contribution < 1.29 is 9.53 Å². The Labute approximate surface area is 85.1 Å². The molecular formula is C11H17NO2. The van der Waals surface area contributed by atoms with E-state index in [1.54, 1.807) is 0 Å². The molecule has 0 amide bonds. The van der Waals surface area contributed by atoms with Crippen molar-refractivity contribution in [2.75, 3.05) is 7.11 Å². The first-order valence-corrected chi connectivity index (χ1v) is 4.88. The highest BCUT2D eigenvalue weighted by Crippen LogP contribution is 2.55. The molecule has 14 heavy (non-hydrogen) atoms. The normalized spacial score (nSPS) is 34.9. The Morgan fingerprint density at radius 2 is 2.07 bits per heavy atom. The lowest BCUT2D eigenvalue weighted by atomic mass is 9.66. The molecule has 78 valence electrons. The van der Waals surface area contributed by atoms with Gasteiger partial charge in [-0.2, -0.15) is 5.26 Å². The van der Waals surface area contributed by atoms with Gasteiger partial charge in [0.2, 0.25) is 0 Å². The van der Waals surface area contributed by atoms with Gasteiger partial charge in [0.1, 0.15) is 0 Å². The van der Waals surface area contributed by atoms with E-state index in [0.29, 0.717) is 0 Å². The van der Waals surface area contributed by atoms with Crippen LogP contribution in [-0.4, -0.2) is 13.1 Å². The molecule has 0 aromatic rings. The van der Waals surface area contributed by atoms with E-state index in [0.717, 1.165) is 12.8 Å². The van der Waals surface area contributed by atoms with Gasteiger partial charge < -0.3 is 4.74 Å². The fourth-order valence-electron chi connectivity index (χ4n) is 2.26. The van der Waals surface area contributed by atoms with Crippen molar-refractivity contribution in [1.29, 1.82) is 5.26 Å². The van der Waals surface area contributed by atoms with E-state index in [9.17, 15) is 4.79 Å². The summed E-state index contributed by atoms with van der Waals surface area (Å²) >= 11 is 0. The van der Waals surface area contributed by atoms with Gasteiger partial charge in [-0.1, -0.05) is 13.8 Å². The first-order valence-electron chi connectivity index (χ1n) is 4.88. The van der Waals surface area contributed by atoms with Gasteiger partial charge >= 0.3 is 5.97 Å². The molecule has 0 aromatic carbocycles. The summed E-state index contributed by atoms with van der Waals surface area (Å²) in [6.45, 7) is 5.88. The van der Waals surface area contributed by atoms with Crippen LogP contribution < -0.4 is 0 Å². The lowest BCUT2D eigenvalue weighted by Crippen LogP contribution is -2.36. The molecule has 0 bridgehead atoms. The number of nitrogens with zero attached hydrogens (tertiary/aromatic N) is 1. The number of carbonyl (C=O) groups excluding carboxylic acids is 1. The Morgan fingerprint density at radius 1 is 1.50 bits per heavy atom. The second-order valence-corrected chi connectivity index (χ2v) is 4.78. The van der Waals surface area contributed by atoms with Crippen LogP contribution >= 0.6 is 0 Å². The number of hydrogen-bond acceptors (Lipinski definition) is 3. The van der Waals surface area contributed by atoms with Crippen molar-refractivity contribution >= 4 is 5.97 Å². The number of nitriles is 1. The van der Waals surface area contributed by atoms with Crippen LogP contribution in [0.1, 0.15) is 33.6 Å². The van der Waals surface area contributed by atoms with Gasteiger partial charge in [-0.15, -0.1) is 0 Å². The molecule has 1 fully saturated rings. The molecule has 0 aromatic heterocycles. The molecule has 0 spiro atoms. The van der Waals surface area contributed by atoms with E-state index in [-0.39, 0.29) is 17.3 Å². The summed E-state index contributed by atoms with van der Waals surface area (Å²) < 4.78 is 4.76. The largest absolute Gasteiger partial charge is 0.469 e. The third-order valence-electron chi connectivity index (χ3n) is 3.96. The molecule has 1 aliphatic carbocycles. The van der Waals surface area contributed by atoms with Crippen LogP contribution in [0.25, 0.3) is 0 Å². The second kappa shape index (κ2) is 3.27. The Balaban J connectivity index is 2.99. The highest BCUT2D eigenvalue weighted by molar-refractivity contribution is 5.74. The zero-order valence-electron chi connectivity index (χ0n) is 9.26. The van der Waals surface area contributed by atoms with Crippen LogP contribution in [0.5, 0.6) is 0 Å². The Morgan fingerprint density at radius 3 is 2.43 bits per heavy atom. The third kappa shape index (κ3) is 1.30. The van der Waals surface area contributed by atoms with Gasteiger partial charge in [-0.25, -0.2) is 0 Å². The van der Waals surface area contributed by atoms with Gasteiger partial charge in [-0.3, -0.25) is 4.79 Å². The lowest BCUT2D eigenvalue weighted by molar-refractivity contribution is -0.149. The van der Waals surface area contributed by atoms with Gasteiger partial charge in [-0.05, 0) is 25.2 Å². The molecule has 1 saturated carbocycles. The molecule has 0 heterocycles. The average Bonchev–Trinajstić information content (AvgIpc) is 2.38. The number of rotatable bonds is 1. The van der Waals surface area contributed by atoms with Crippen LogP contribution in [0.15, 0.2) is 0 Å². The minimum absolute atomic E-state index is 0.142. The van der Waals surface area contributed by atoms with E-state index in [1.165, 1.54) is 7.11 Å². The first-order chi connectivity index (χ1) is 6.39. The zero-order chi connectivity index (χ0) is 11.0. The van der Waals surface area contributed by atoms with Crippen LogP contribution in [0.4, 0.5) is 0 Å². The predicted octanol–water partition coefficient (Wildman–Crippen LogP) is 2.13. The van der Waals surface area contributed by atoms with Crippen molar-refractivity contribution in [3.8, 4) is 6.07 Å². The summed E-state index contributed by atoms with van der Waals surface area (Å²) in [5, 5.41) is 9.13. The molecule has 3 heteroatoms. The van der Waals surface area contributed by atoms with Crippen molar-refractivity contribution in [3.63, 3.8) is 0 Å². The summed E-state index contributed by atoms with van der Waals surface area (Å²) in [5.74, 6) is -0.328. The van der Waals surface area contributed by atoms with Gasteiger partial charge in [0.25, 0.3) is 0 Å². The maximum Gasteiger partial charge on any atom is 0.309 e. The third-order valence-corrected chi connectivity index (χ3v) is 3.96. The van der Waals surface area contributed by atoms with Crippen LogP contribution in [0.3, 0.4) is 0 Å². The molecule has 0 aliphatic heterocycles. The highest BCUT2D eigenvalue weighted by Gasteiger charge is 2.55. The Hall–Kier alpha value is -1.04. The molecular weight excluding hydrogens is 178 g/mol. The number of ether oxygens (including phenoxy) is 1. The van der Waals surface area contributed by atoms with E-state index in [2.05, 4.69) is 6.07 Å². The topological polar surface area (TPSA) is 50.1 Å². The maximum atomic E-state index is 11.5. The average molecular weight is 195 g/mol. The molecule has 3 nitrogen and oxygen atoms in total. The van der Waals surface area contributed by atoms with Crippen molar-refractivity contribution in [3.05, 3.63) is 0 Å². The fourth-order valence-corrected chi connectivity index (χ4v) is 2.26. The van der Waals surface area contributed by atoms with Gasteiger partial charge in [0.15, 0.2) is 0 Å². The minimum Gasteiger partial charge on any atom is -0.469 e. The zero-order valence-corrected chi connectivity index (χ0v) is 9.26.